The average Bonchev–Trinajstić information content (AvgIpc) is 3.16. The quantitative estimate of drug-likeness (QED) is 0.784. The molecule has 3 N–H and O–H groups in total. The Hall–Kier alpha value is -2.09. The van der Waals surface area contributed by atoms with Crippen molar-refractivity contribution in [1.29, 1.82) is 0 Å². The molecule has 1 atom stereocenters. The summed E-state index contributed by atoms with van der Waals surface area (Å²) in [6.45, 7) is 1.93. The van der Waals surface area contributed by atoms with Crippen molar-refractivity contribution in [1.82, 2.24) is 20.0 Å². The van der Waals surface area contributed by atoms with Gasteiger partial charge >= 0.3 is 0 Å². The number of carbonyl (C=O) groups excluding carboxylic acids is 2. The summed E-state index contributed by atoms with van der Waals surface area (Å²) in [5, 5.41) is 7.70. The van der Waals surface area contributed by atoms with Crippen LogP contribution in [0.5, 0.6) is 0 Å². The molecule has 2 amide bonds. The van der Waals surface area contributed by atoms with Crippen LogP contribution in [0.25, 0.3) is 5.69 Å². The number of amides is 2. The lowest BCUT2D eigenvalue weighted by Gasteiger charge is -2.31. The van der Waals surface area contributed by atoms with Crippen molar-refractivity contribution in [2.75, 3.05) is 26.2 Å². The number of piperidine rings is 1. The number of carbonyl (C=O) groups is 2. The predicted octanol–water partition coefficient (Wildman–Crippen LogP) is 1.87. The molecule has 2 aromatic rings. The van der Waals surface area contributed by atoms with Crippen LogP contribution < -0.4 is 11.1 Å². The molecule has 1 saturated heterocycles. The van der Waals surface area contributed by atoms with Crippen LogP contribution in [0, 0.1) is 5.92 Å². The van der Waals surface area contributed by atoms with Crippen LogP contribution in [0.3, 0.4) is 0 Å². The summed E-state index contributed by atoms with van der Waals surface area (Å²) in [5.74, 6) is -0.336. The predicted molar refractivity (Wildman–Crippen MR) is 107 cm³/mol. The third-order valence-electron chi connectivity index (χ3n) is 4.44. The first-order valence-corrected chi connectivity index (χ1v) is 9.04. The summed E-state index contributed by atoms with van der Waals surface area (Å²) in [6, 6.07) is 7.22. The van der Waals surface area contributed by atoms with Gasteiger partial charge in [0.2, 0.25) is 5.91 Å². The maximum atomic E-state index is 12.8. The Morgan fingerprint density at radius 1 is 1.30 bits per heavy atom. The number of nitrogens with zero attached hydrogens (tertiary/aromatic N) is 3. The van der Waals surface area contributed by atoms with Crippen LogP contribution in [-0.4, -0.2) is 52.7 Å². The monoisotopic (exact) mass is 411 g/mol. The van der Waals surface area contributed by atoms with Crippen LogP contribution in [0.1, 0.15) is 23.2 Å². The van der Waals surface area contributed by atoms with Crippen LogP contribution >= 0.6 is 24.0 Å². The van der Waals surface area contributed by atoms with Gasteiger partial charge in [0.05, 0.1) is 23.4 Å². The van der Waals surface area contributed by atoms with E-state index in [0.29, 0.717) is 36.8 Å². The molecule has 0 radical (unpaired) electrons. The molecule has 1 aromatic heterocycles. The highest BCUT2D eigenvalue weighted by molar-refractivity contribution is 6.30. The molecule has 0 aliphatic carbocycles. The first kappa shape index (κ1) is 21.2. The second-order valence-corrected chi connectivity index (χ2v) is 6.76. The Kier molecular flexibility index (Phi) is 7.65. The minimum absolute atomic E-state index is 0. The first-order valence-electron chi connectivity index (χ1n) is 8.66. The Balaban J connectivity index is 0.00000261. The standard InChI is InChI=1S/C18H22ClN5O2.ClH/c19-15-3-5-16(6-4-15)24-12-14(10-22-24)18(26)23-9-1-2-13(11-23)17(25)21-8-7-20;/h3-6,10,12-13H,1-2,7-9,11,20H2,(H,21,25);1H. The van der Waals surface area contributed by atoms with Gasteiger partial charge in [-0.3, -0.25) is 9.59 Å². The van der Waals surface area contributed by atoms with Gasteiger partial charge in [-0.1, -0.05) is 11.6 Å². The number of hydrogen-bond acceptors (Lipinski definition) is 4. The molecule has 9 heteroatoms. The molecule has 1 aliphatic heterocycles. The minimum Gasteiger partial charge on any atom is -0.355 e. The van der Waals surface area contributed by atoms with Crippen LogP contribution in [0.15, 0.2) is 36.7 Å². The number of nitrogens with two attached hydrogens (primary N) is 1. The molecular weight excluding hydrogens is 389 g/mol. The van der Waals surface area contributed by atoms with Crippen molar-refractivity contribution in [2.45, 2.75) is 12.8 Å². The SMILES string of the molecule is Cl.NCCNC(=O)C1CCCN(C(=O)c2cnn(-c3ccc(Cl)cc3)c2)C1. The normalized spacial score (nSPS) is 16.5. The molecule has 1 aliphatic rings. The number of aromatic nitrogens is 2. The van der Waals surface area contributed by atoms with Gasteiger partial charge in [-0.15, -0.1) is 12.4 Å². The van der Waals surface area contributed by atoms with E-state index in [0.717, 1.165) is 18.5 Å². The van der Waals surface area contributed by atoms with E-state index >= 15 is 0 Å². The Morgan fingerprint density at radius 2 is 2.04 bits per heavy atom. The maximum Gasteiger partial charge on any atom is 0.257 e. The minimum atomic E-state index is -0.189. The van der Waals surface area contributed by atoms with Gasteiger partial charge in [0.15, 0.2) is 0 Å². The molecule has 0 saturated carbocycles. The van der Waals surface area contributed by atoms with Crippen molar-refractivity contribution in [2.24, 2.45) is 11.7 Å². The Bertz CT molecular complexity index is 778. The van der Waals surface area contributed by atoms with E-state index < -0.39 is 0 Å². The Morgan fingerprint density at radius 3 is 2.74 bits per heavy atom. The molecule has 27 heavy (non-hydrogen) atoms. The summed E-state index contributed by atoms with van der Waals surface area (Å²) >= 11 is 5.90. The van der Waals surface area contributed by atoms with Crippen LogP contribution in [-0.2, 0) is 4.79 Å². The zero-order valence-electron chi connectivity index (χ0n) is 14.8. The summed E-state index contributed by atoms with van der Waals surface area (Å²) in [6.07, 6.45) is 4.83. The average molecular weight is 412 g/mol. The van der Waals surface area contributed by atoms with E-state index in [2.05, 4.69) is 10.4 Å². The second kappa shape index (κ2) is 9.73. The first-order chi connectivity index (χ1) is 12.6. The molecule has 7 nitrogen and oxygen atoms in total. The number of rotatable bonds is 5. The van der Waals surface area contributed by atoms with E-state index in [4.69, 9.17) is 17.3 Å². The van der Waals surface area contributed by atoms with Gasteiger partial charge in [-0.2, -0.15) is 5.10 Å². The van der Waals surface area contributed by atoms with E-state index in [1.807, 2.05) is 12.1 Å². The van der Waals surface area contributed by atoms with Gasteiger partial charge in [-0.25, -0.2) is 4.68 Å². The van der Waals surface area contributed by atoms with E-state index in [1.54, 1.807) is 34.1 Å². The molecule has 0 bridgehead atoms. The lowest BCUT2D eigenvalue weighted by atomic mass is 9.96. The second-order valence-electron chi connectivity index (χ2n) is 6.32. The lowest BCUT2D eigenvalue weighted by Crippen LogP contribution is -2.46. The smallest absolute Gasteiger partial charge is 0.257 e. The van der Waals surface area contributed by atoms with E-state index in [9.17, 15) is 9.59 Å². The van der Waals surface area contributed by atoms with E-state index in [1.165, 1.54) is 0 Å². The topological polar surface area (TPSA) is 93.2 Å². The van der Waals surface area contributed by atoms with Gasteiger partial charge in [0.25, 0.3) is 5.91 Å². The van der Waals surface area contributed by atoms with E-state index in [-0.39, 0.29) is 30.1 Å². The molecule has 2 heterocycles. The van der Waals surface area contributed by atoms with Gasteiger partial charge in [-0.05, 0) is 37.1 Å². The van der Waals surface area contributed by atoms with Gasteiger partial charge in [0, 0.05) is 37.4 Å². The highest BCUT2D eigenvalue weighted by Crippen LogP contribution is 2.20. The van der Waals surface area contributed by atoms with Crippen molar-refractivity contribution in [3.05, 3.63) is 47.2 Å². The summed E-state index contributed by atoms with van der Waals surface area (Å²) < 4.78 is 1.64. The molecule has 3 rings (SSSR count). The highest BCUT2D eigenvalue weighted by atomic mass is 35.5. The van der Waals surface area contributed by atoms with Gasteiger partial charge in [0.1, 0.15) is 0 Å². The third kappa shape index (κ3) is 5.22. The summed E-state index contributed by atoms with van der Waals surface area (Å²) in [7, 11) is 0. The lowest BCUT2D eigenvalue weighted by molar-refractivity contribution is -0.126. The maximum absolute atomic E-state index is 12.8. The third-order valence-corrected chi connectivity index (χ3v) is 4.70. The molecule has 0 spiro atoms. The molecular formula is C18H23Cl2N5O2. The molecule has 1 fully saturated rings. The molecule has 1 unspecified atom stereocenters. The number of benzene rings is 1. The summed E-state index contributed by atoms with van der Waals surface area (Å²) in [4.78, 5) is 26.6. The number of halogens is 2. The highest BCUT2D eigenvalue weighted by Gasteiger charge is 2.29. The van der Waals surface area contributed by atoms with Gasteiger partial charge < -0.3 is 16.0 Å². The zero-order chi connectivity index (χ0) is 18.5. The zero-order valence-corrected chi connectivity index (χ0v) is 16.4. The van der Waals surface area contributed by atoms with Crippen LogP contribution in [0.4, 0.5) is 0 Å². The van der Waals surface area contributed by atoms with Crippen molar-refractivity contribution in [3.63, 3.8) is 0 Å². The summed E-state index contributed by atoms with van der Waals surface area (Å²) in [5.41, 5.74) is 6.75. The van der Waals surface area contributed by atoms with Crippen LogP contribution in [0.2, 0.25) is 5.02 Å². The fraction of sp³-hybridized carbons (Fsp3) is 0.389. The van der Waals surface area contributed by atoms with Crippen molar-refractivity contribution in [3.8, 4) is 5.69 Å². The molecule has 1 aromatic carbocycles. The number of likely N-dealkylation sites (tertiary alicyclic amines) is 1. The molecule has 146 valence electrons. The van der Waals surface area contributed by atoms with Crippen molar-refractivity contribution >= 4 is 35.8 Å². The number of nitrogens with one attached hydrogen (secondary N) is 1. The van der Waals surface area contributed by atoms with Crippen molar-refractivity contribution < 1.29 is 9.59 Å². The number of hydrogen-bond donors (Lipinski definition) is 2. The Labute approximate surface area is 169 Å². The fourth-order valence-corrected chi connectivity index (χ4v) is 3.19. The fourth-order valence-electron chi connectivity index (χ4n) is 3.07. The largest absolute Gasteiger partial charge is 0.355 e.